The van der Waals surface area contributed by atoms with Crippen LogP contribution in [0.5, 0.6) is 0 Å². The minimum absolute atomic E-state index is 0.0546. The molecule has 1 saturated heterocycles. The molecule has 1 aliphatic rings. The summed E-state index contributed by atoms with van der Waals surface area (Å²) in [5.41, 5.74) is 0. The number of aliphatic hydroxyl groups excluding tert-OH is 2. The molecule has 1 aliphatic heterocycles. The number of carboxylic acids is 1. The summed E-state index contributed by atoms with van der Waals surface area (Å²) in [6, 6.07) is 0. The summed E-state index contributed by atoms with van der Waals surface area (Å²) in [5, 5.41) is 31.6. The smallest absolute Gasteiger partial charge is 0.335 e. The maximum absolute atomic E-state index is 13.2. The van der Waals surface area contributed by atoms with Crippen LogP contribution >= 0.6 is 0 Å². The third kappa shape index (κ3) is 45.8. The lowest BCUT2D eigenvalue weighted by atomic mass is 9.98. The van der Waals surface area contributed by atoms with Gasteiger partial charge in [0.2, 0.25) is 0 Å². The SMILES string of the molecule is CC/C=C\C/C=C\C/C=C\C/C=C\C/C=C\CCCCCC(=O)OCC(COC1OC(C(=O)O)C(O)C(O)C1OC(=O)CCCCCCCCCCCCCCC)OC(=O)CCCCCCCC/C=C\C/C=C\C/C=C\CCCCC. The van der Waals surface area contributed by atoms with Crippen LogP contribution in [0.1, 0.15) is 265 Å². The van der Waals surface area contributed by atoms with E-state index in [2.05, 4.69) is 118 Å². The Labute approximate surface area is 492 Å². The Kier molecular flexibility index (Phi) is 51.7. The van der Waals surface area contributed by atoms with Crippen LogP contribution in [0.2, 0.25) is 0 Å². The van der Waals surface area contributed by atoms with Crippen molar-refractivity contribution in [3.05, 3.63) is 97.2 Å². The summed E-state index contributed by atoms with van der Waals surface area (Å²) < 4.78 is 28.5. The average molecular weight is 1140 g/mol. The molecule has 0 spiro atoms. The molecule has 0 saturated carbocycles. The van der Waals surface area contributed by atoms with Gasteiger partial charge < -0.3 is 39.0 Å². The maximum Gasteiger partial charge on any atom is 0.335 e. The van der Waals surface area contributed by atoms with Crippen molar-refractivity contribution in [2.45, 2.75) is 302 Å². The first-order valence-corrected chi connectivity index (χ1v) is 32.2. The molecule has 0 bridgehead atoms. The van der Waals surface area contributed by atoms with Gasteiger partial charge in [-0.15, -0.1) is 0 Å². The van der Waals surface area contributed by atoms with E-state index in [-0.39, 0.29) is 25.9 Å². The van der Waals surface area contributed by atoms with Gasteiger partial charge in [0.1, 0.15) is 18.8 Å². The van der Waals surface area contributed by atoms with Crippen molar-refractivity contribution in [2.75, 3.05) is 13.2 Å². The van der Waals surface area contributed by atoms with Crippen molar-refractivity contribution in [1.82, 2.24) is 0 Å². The van der Waals surface area contributed by atoms with Crippen LogP contribution in [0, 0.1) is 0 Å². The average Bonchev–Trinajstić information content (AvgIpc) is 3.46. The van der Waals surface area contributed by atoms with Crippen LogP contribution in [0.3, 0.4) is 0 Å². The second-order valence-electron chi connectivity index (χ2n) is 21.7. The summed E-state index contributed by atoms with van der Waals surface area (Å²) in [6.07, 6.45) is 62.2. The number of ether oxygens (including phenoxy) is 5. The van der Waals surface area contributed by atoms with Gasteiger partial charge in [-0.1, -0.05) is 240 Å². The van der Waals surface area contributed by atoms with Gasteiger partial charge in [-0.05, 0) is 103 Å². The van der Waals surface area contributed by atoms with Crippen molar-refractivity contribution in [3.8, 4) is 0 Å². The monoisotopic (exact) mass is 1130 g/mol. The number of rotatable bonds is 54. The van der Waals surface area contributed by atoms with E-state index in [1.165, 1.54) is 77.0 Å². The minimum Gasteiger partial charge on any atom is -0.479 e. The summed E-state index contributed by atoms with van der Waals surface area (Å²) in [7, 11) is 0. The van der Waals surface area contributed by atoms with Gasteiger partial charge in [0.05, 0.1) is 6.61 Å². The van der Waals surface area contributed by atoms with Crippen LogP contribution in [-0.2, 0) is 42.9 Å². The van der Waals surface area contributed by atoms with Crippen molar-refractivity contribution >= 4 is 23.9 Å². The van der Waals surface area contributed by atoms with Gasteiger partial charge in [-0.25, -0.2) is 4.79 Å². The van der Waals surface area contributed by atoms with Gasteiger partial charge in [0.15, 0.2) is 24.6 Å². The first-order chi connectivity index (χ1) is 39.6. The number of carbonyl (C=O) groups is 4. The number of allylic oxidation sites excluding steroid dienone is 16. The molecule has 0 aromatic rings. The molecule has 12 nitrogen and oxygen atoms in total. The molecule has 81 heavy (non-hydrogen) atoms. The molecule has 0 aromatic carbocycles. The number of carbonyl (C=O) groups excluding carboxylic acids is 3. The van der Waals surface area contributed by atoms with Crippen LogP contribution < -0.4 is 0 Å². The zero-order chi connectivity index (χ0) is 58.9. The van der Waals surface area contributed by atoms with Crippen molar-refractivity contribution < 1.29 is 58.2 Å². The largest absolute Gasteiger partial charge is 0.479 e. The number of hydrogen-bond donors (Lipinski definition) is 3. The minimum atomic E-state index is -1.91. The molecule has 1 rings (SSSR count). The van der Waals surface area contributed by atoms with Crippen LogP contribution in [-0.4, -0.2) is 89.2 Å². The van der Waals surface area contributed by atoms with Gasteiger partial charge in [0.25, 0.3) is 0 Å². The van der Waals surface area contributed by atoms with Crippen molar-refractivity contribution in [1.29, 1.82) is 0 Å². The third-order valence-corrected chi connectivity index (χ3v) is 14.1. The number of unbranched alkanes of at least 4 members (excludes halogenated alkanes) is 24. The number of esters is 3. The first-order valence-electron chi connectivity index (χ1n) is 32.2. The molecule has 0 aromatic heterocycles. The van der Waals surface area contributed by atoms with Gasteiger partial charge in [-0.3, -0.25) is 14.4 Å². The molecular weight excluding hydrogens is 1020 g/mol. The second-order valence-corrected chi connectivity index (χ2v) is 21.7. The molecule has 12 heteroatoms. The van der Waals surface area contributed by atoms with Crippen molar-refractivity contribution in [3.63, 3.8) is 0 Å². The van der Waals surface area contributed by atoms with E-state index in [1.54, 1.807) is 0 Å². The number of carboxylic acid groups (broad SMARTS) is 1. The lowest BCUT2D eigenvalue weighted by Gasteiger charge is -2.40. The number of aliphatic hydroxyl groups is 2. The molecule has 6 atom stereocenters. The molecule has 0 radical (unpaired) electrons. The van der Waals surface area contributed by atoms with Crippen LogP contribution in [0.15, 0.2) is 97.2 Å². The Morgan fingerprint density at radius 2 is 0.778 bits per heavy atom. The fourth-order valence-electron chi connectivity index (χ4n) is 9.22. The quantitative estimate of drug-likeness (QED) is 0.0228. The molecule has 1 fully saturated rings. The number of hydrogen-bond acceptors (Lipinski definition) is 11. The van der Waals surface area contributed by atoms with E-state index in [4.69, 9.17) is 23.7 Å². The predicted molar refractivity (Wildman–Crippen MR) is 331 cm³/mol. The molecule has 3 N–H and O–H groups in total. The summed E-state index contributed by atoms with van der Waals surface area (Å²) in [6.45, 7) is 5.83. The first kappa shape index (κ1) is 74.7. The zero-order valence-corrected chi connectivity index (χ0v) is 51.0. The summed E-state index contributed by atoms with van der Waals surface area (Å²) in [5.74, 6) is -3.18. The second kappa shape index (κ2) is 56.1. The molecule has 462 valence electrons. The van der Waals surface area contributed by atoms with E-state index in [0.717, 1.165) is 128 Å². The van der Waals surface area contributed by atoms with E-state index < -0.39 is 67.3 Å². The third-order valence-electron chi connectivity index (χ3n) is 14.1. The topological polar surface area (TPSA) is 175 Å². The Morgan fingerprint density at radius 1 is 0.420 bits per heavy atom. The predicted octanol–water partition coefficient (Wildman–Crippen LogP) is 17.2. The van der Waals surface area contributed by atoms with Gasteiger partial charge >= 0.3 is 23.9 Å². The van der Waals surface area contributed by atoms with Crippen molar-refractivity contribution in [2.24, 2.45) is 0 Å². The Bertz CT molecular complexity index is 1780. The highest BCUT2D eigenvalue weighted by molar-refractivity contribution is 5.74. The Morgan fingerprint density at radius 3 is 1.22 bits per heavy atom. The van der Waals surface area contributed by atoms with Gasteiger partial charge in [-0.2, -0.15) is 0 Å². The molecular formula is C69H114O12. The van der Waals surface area contributed by atoms with E-state index in [1.807, 2.05) is 0 Å². The van der Waals surface area contributed by atoms with E-state index >= 15 is 0 Å². The Hall–Kier alpha value is -4.36. The zero-order valence-electron chi connectivity index (χ0n) is 51.0. The van der Waals surface area contributed by atoms with E-state index in [0.29, 0.717) is 19.3 Å². The highest BCUT2D eigenvalue weighted by Gasteiger charge is 2.50. The number of aliphatic carboxylic acids is 1. The molecule has 1 heterocycles. The highest BCUT2D eigenvalue weighted by atomic mass is 16.7. The fraction of sp³-hybridized carbons (Fsp3) is 0.710. The normalized spacial score (nSPS) is 18.4. The van der Waals surface area contributed by atoms with Gasteiger partial charge in [0, 0.05) is 19.3 Å². The lowest BCUT2D eigenvalue weighted by Crippen LogP contribution is -2.61. The molecule has 6 unspecified atom stereocenters. The lowest BCUT2D eigenvalue weighted by molar-refractivity contribution is -0.301. The Balaban J connectivity index is 2.70. The molecule has 0 amide bonds. The molecule has 0 aliphatic carbocycles. The van der Waals surface area contributed by atoms with Crippen LogP contribution in [0.4, 0.5) is 0 Å². The summed E-state index contributed by atoms with van der Waals surface area (Å²) >= 11 is 0. The fourth-order valence-corrected chi connectivity index (χ4v) is 9.22. The van der Waals surface area contributed by atoms with Crippen LogP contribution in [0.25, 0.3) is 0 Å². The summed E-state index contributed by atoms with van der Waals surface area (Å²) in [4.78, 5) is 51.3. The highest BCUT2D eigenvalue weighted by Crippen LogP contribution is 2.26. The van der Waals surface area contributed by atoms with E-state index in [9.17, 15) is 34.5 Å². The maximum atomic E-state index is 13.2. The standard InChI is InChI=1S/C69H114O12/c1-4-7-10-13-16-19-22-25-27-29-31-33-35-38-40-43-46-49-52-55-61(70)77-58-60(79-62(71)56-53-50-47-44-42-39-36-34-32-30-28-26-23-20-17-14-11-8-5-2)59-78-69-67(65(74)64(73)66(81-69)68(75)76)80-63(72)57-54-51-48-45-41-37-24-21-18-15-12-9-6-3/h7,10,16-17,19-20,25-28,31-34,38,40,60,64-67,69,73-74H,4-6,8-9,11-15,18,21-24,29-30,35-37,39,41-59H2,1-3H3,(H,75,76)/b10-7-,19-16-,20-17-,27-25-,28-26-,33-31-,34-32-,40-38-.